The molecule has 35 heavy (non-hydrogen) atoms. The summed E-state index contributed by atoms with van der Waals surface area (Å²) in [4.78, 5) is 49.6. The predicted octanol–water partition coefficient (Wildman–Crippen LogP) is 4.42. The monoisotopic (exact) mass is 512 g/mol. The average Bonchev–Trinajstić information content (AvgIpc) is 3.61. The van der Waals surface area contributed by atoms with Crippen LogP contribution in [0.1, 0.15) is 52.3 Å². The van der Waals surface area contributed by atoms with E-state index in [1.807, 2.05) is 4.90 Å². The van der Waals surface area contributed by atoms with Crippen molar-refractivity contribution in [2.75, 3.05) is 26.2 Å². The van der Waals surface area contributed by atoms with Crippen molar-refractivity contribution in [2.45, 2.75) is 45.3 Å². The van der Waals surface area contributed by atoms with Gasteiger partial charge in [-0.05, 0) is 50.3 Å². The second-order valence-corrected chi connectivity index (χ2v) is 11.0. The van der Waals surface area contributed by atoms with Gasteiger partial charge in [0.25, 0.3) is 17.6 Å². The number of rotatable bonds is 5. The van der Waals surface area contributed by atoms with E-state index in [-0.39, 0.29) is 23.6 Å². The molecule has 1 N–H and O–H groups in total. The zero-order valence-corrected chi connectivity index (χ0v) is 21.5. The van der Waals surface area contributed by atoms with Crippen LogP contribution in [0.25, 0.3) is 10.9 Å². The molecule has 184 valence electrons. The van der Waals surface area contributed by atoms with Gasteiger partial charge in [-0.25, -0.2) is 0 Å². The normalized spacial score (nSPS) is 21.1. The summed E-state index contributed by atoms with van der Waals surface area (Å²) in [6.07, 6.45) is 3.37. The van der Waals surface area contributed by atoms with Crippen LogP contribution < -0.4 is 0 Å². The van der Waals surface area contributed by atoms with Gasteiger partial charge >= 0.3 is 0 Å². The molecule has 9 heteroatoms. The zero-order chi connectivity index (χ0) is 24.7. The molecule has 2 amide bonds. The van der Waals surface area contributed by atoms with Crippen LogP contribution in [0.2, 0.25) is 5.02 Å². The number of nitrogens with zero attached hydrogens (tertiary/aromatic N) is 3. The highest BCUT2D eigenvalue weighted by Crippen LogP contribution is 2.30. The summed E-state index contributed by atoms with van der Waals surface area (Å²) in [6, 6.07) is 7.74. The van der Waals surface area contributed by atoms with Crippen LogP contribution in [0.3, 0.4) is 0 Å². The Kier molecular flexibility index (Phi) is 6.70. The highest BCUT2D eigenvalue weighted by molar-refractivity contribution is 7.09. The summed E-state index contributed by atoms with van der Waals surface area (Å²) in [6.45, 7) is 7.63. The highest BCUT2D eigenvalue weighted by atomic mass is 35.5. The van der Waals surface area contributed by atoms with E-state index in [4.69, 9.17) is 11.6 Å². The summed E-state index contributed by atoms with van der Waals surface area (Å²) in [5.41, 5.74) is 1.27. The van der Waals surface area contributed by atoms with Gasteiger partial charge in [0.15, 0.2) is 0 Å². The van der Waals surface area contributed by atoms with Crippen LogP contribution in [-0.4, -0.2) is 75.5 Å². The third-order valence-corrected chi connectivity index (χ3v) is 8.32. The predicted molar refractivity (Wildman–Crippen MR) is 138 cm³/mol. The van der Waals surface area contributed by atoms with Gasteiger partial charge in [-0.1, -0.05) is 17.7 Å². The first-order chi connectivity index (χ1) is 16.8. The van der Waals surface area contributed by atoms with Crippen LogP contribution in [0.4, 0.5) is 0 Å². The molecule has 0 radical (unpaired) electrons. The number of piperazine rings is 1. The molecule has 7 nitrogen and oxygen atoms in total. The first-order valence-corrected chi connectivity index (χ1v) is 13.3. The van der Waals surface area contributed by atoms with Crippen molar-refractivity contribution >= 4 is 51.4 Å². The minimum absolute atomic E-state index is 0.00879. The Labute approximate surface area is 213 Å². The molecule has 5 rings (SSSR count). The van der Waals surface area contributed by atoms with Gasteiger partial charge in [0.05, 0.1) is 16.1 Å². The number of thiophene rings is 1. The zero-order valence-electron chi connectivity index (χ0n) is 19.9. The fourth-order valence-corrected chi connectivity index (χ4v) is 6.11. The molecular weight excluding hydrogens is 484 g/mol. The Bertz CT molecular complexity index is 1270. The lowest BCUT2D eigenvalue weighted by Crippen LogP contribution is -2.57. The summed E-state index contributed by atoms with van der Waals surface area (Å²) in [7, 11) is 0. The van der Waals surface area contributed by atoms with Gasteiger partial charge in [-0.2, -0.15) is 0 Å². The number of Topliss-reactive ketones (excluding diaryl/α,β-unsaturated/α-hetero) is 1. The van der Waals surface area contributed by atoms with Gasteiger partial charge in [0, 0.05) is 66.8 Å². The molecule has 0 unspecified atom stereocenters. The lowest BCUT2D eigenvalue weighted by Gasteiger charge is -2.44. The maximum atomic E-state index is 13.6. The van der Waals surface area contributed by atoms with Crippen molar-refractivity contribution in [1.29, 1.82) is 0 Å². The lowest BCUT2D eigenvalue weighted by molar-refractivity contribution is -0.125. The number of hydrogen-bond acceptors (Lipinski definition) is 5. The molecule has 2 aliphatic rings. The van der Waals surface area contributed by atoms with E-state index in [9.17, 15) is 14.4 Å². The molecule has 0 spiro atoms. The standard InChI is InChI=1S/C26H29ClN4O3S/c1-16-14-31(17(2)13-30(16)15-18-6-5-9-35-18)25(33)20-10-19-21(12-28-23(19)11-22(20)27)24(32)26(34)29-7-3-4-8-29/h5-6,9-12,16-17,28H,3-4,7-8,13-15H2,1-2H3/t16-,17+/m0/s1. The van der Waals surface area contributed by atoms with Crippen LogP contribution in [0.15, 0.2) is 35.8 Å². The van der Waals surface area contributed by atoms with Crippen molar-refractivity contribution in [1.82, 2.24) is 19.7 Å². The number of carbonyl (C=O) groups is 3. The van der Waals surface area contributed by atoms with E-state index in [1.165, 1.54) is 4.88 Å². The van der Waals surface area contributed by atoms with Crippen LogP contribution >= 0.6 is 22.9 Å². The number of halogens is 1. The fourth-order valence-electron chi connectivity index (χ4n) is 5.13. The molecule has 4 heterocycles. The summed E-state index contributed by atoms with van der Waals surface area (Å²) in [5, 5.41) is 2.96. The largest absolute Gasteiger partial charge is 0.360 e. The third kappa shape index (κ3) is 4.62. The van der Waals surface area contributed by atoms with Crippen LogP contribution in [-0.2, 0) is 11.3 Å². The lowest BCUT2D eigenvalue weighted by atomic mass is 10.0. The maximum absolute atomic E-state index is 13.6. The summed E-state index contributed by atoms with van der Waals surface area (Å²) in [5.74, 6) is -1.20. The Balaban J connectivity index is 1.38. The van der Waals surface area contributed by atoms with E-state index in [0.29, 0.717) is 41.1 Å². The molecule has 1 aromatic carbocycles. The summed E-state index contributed by atoms with van der Waals surface area (Å²) >= 11 is 8.29. The molecule has 2 aliphatic heterocycles. The number of ketones is 1. The molecule has 3 aromatic rings. The van der Waals surface area contributed by atoms with Crippen LogP contribution in [0, 0.1) is 0 Å². The highest BCUT2D eigenvalue weighted by Gasteiger charge is 2.34. The number of aromatic amines is 1. The fraction of sp³-hybridized carbons (Fsp3) is 0.423. The molecule has 2 fully saturated rings. The quantitative estimate of drug-likeness (QED) is 0.405. The van der Waals surface area contributed by atoms with E-state index >= 15 is 0 Å². The number of amides is 2. The number of hydrogen-bond donors (Lipinski definition) is 1. The summed E-state index contributed by atoms with van der Waals surface area (Å²) < 4.78 is 0. The van der Waals surface area contributed by atoms with Crippen molar-refractivity contribution < 1.29 is 14.4 Å². The number of carbonyl (C=O) groups excluding carboxylic acids is 3. The number of H-pyrrole nitrogens is 1. The van der Waals surface area contributed by atoms with E-state index in [1.54, 1.807) is 34.6 Å². The van der Waals surface area contributed by atoms with Crippen molar-refractivity contribution in [3.63, 3.8) is 0 Å². The van der Waals surface area contributed by atoms with Crippen LogP contribution in [0.5, 0.6) is 0 Å². The Hall–Kier alpha value is -2.68. The van der Waals surface area contributed by atoms with Gasteiger partial charge in [-0.3, -0.25) is 19.3 Å². The maximum Gasteiger partial charge on any atom is 0.295 e. The number of benzene rings is 1. The average molecular weight is 513 g/mol. The second kappa shape index (κ2) is 9.76. The molecule has 0 aliphatic carbocycles. The van der Waals surface area contributed by atoms with Gasteiger partial charge in [0.2, 0.25) is 0 Å². The van der Waals surface area contributed by atoms with Crippen molar-refractivity contribution in [3.05, 3.63) is 56.9 Å². The number of nitrogens with one attached hydrogen (secondary N) is 1. The first kappa shape index (κ1) is 24.0. The van der Waals surface area contributed by atoms with Crippen molar-refractivity contribution in [3.8, 4) is 0 Å². The molecular formula is C26H29ClN4O3S. The van der Waals surface area contributed by atoms with E-state index in [2.05, 4.69) is 41.2 Å². The van der Waals surface area contributed by atoms with E-state index < -0.39 is 11.7 Å². The molecule has 0 saturated carbocycles. The molecule has 2 atom stereocenters. The minimum Gasteiger partial charge on any atom is -0.360 e. The number of likely N-dealkylation sites (tertiary alicyclic amines) is 1. The minimum atomic E-state index is -0.553. The Morgan fingerprint density at radius 2 is 1.86 bits per heavy atom. The molecule has 2 saturated heterocycles. The topological polar surface area (TPSA) is 76.7 Å². The molecule has 2 aromatic heterocycles. The number of aromatic nitrogens is 1. The Morgan fingerprint density at radius 3 is 2.57 bits per heavy atom. The Morgan fingerprint density at radius 1 is 1.09 bits per heavy atom. The third-order valence-electron chi connectivity index (χ3n) is 7.15. The van der Waals surface area contributed by atoms with Gasteiger partial charge in [0.1, 0.15) is 0 Å². The SMILES string of the molecule is C[C@@H]1CN(Cc2cccs2)[C@@H](C)CN1C(=O)c1cc2c(C(=O)C(=O)N3CCCC3)c[nH]c2cc1Cl. The van der Waals surface area contributed by atoms with Gasteiger partial charge < -0.3 is 14.8 Å². The first-order valence-electron chi connectivity index (χ1n) is 12.0. The van der Waals surface area contributed by atoms with Gasteiger partial charge in [-0.15, -0.1) is 11.3 Å². The number of fused-ring (bicyclic) bond motifs is 1. The van der Waals surface area contributed by atoms with E-state index in [0.717, 1.165) is 25.9 Å². The second-order valence-electron chi connectivity index (χ2n) is 9.57. The molecule has 0 bridgehead atoms. The van der Waals surface area contributed by atoms with Crippen molar-refractivity contribution in [2.24, 2.45) is 0 Å². The smallest absolute Gasteiger partial charge is 0.295 e.